The maximum absolute atomic E-state index is 10.3. The molecule has 2 aromatic carbocycles. The van der Waals surface area contributed by atoms with Gasteiger partial charge in [-0.15, -0.1) is 0 Å². The standard InChI is InChI=1S/C9H12.C6H6O3S.Na/c1-8(2)9-6-4-3-5-7-9;7-10(8,9)6-4-2-1-3-5-6;/h3-8H,1-2H3;1-5H,(H,7,8,9);/q;;+1/p-1. The summed E-state index contributed by atoms with van der Waals surface area (Å²) in [5.41, 5.74) is 1.41. The Hall–Kier alpha value is -0.650. The van der Waals surface area contributed by atoms with E-state index in [9.17, 15) is 13.0 Å². The first kappa shape index (κ1) is 19.4. The molecule has 0 saturated carbocycles. The Labute approximate surface area is 143 Å². The van der Waals surface area contributed by atoms with Gasteiger partial charge in [-0.3, -0.25) is 0 Å². The van der Waals surface area contributed by atoms with E-state index in [4.69, 9.17) is 0 Å². The molecule has 0 saturated heterocycles. The van der Waals surface area contributed by atoms with Crippen molar-refractivity contribution in [3.05, 3.63) is 66.2 Å². The zero-order valence-electron chi connectivity index (χ0n) is 12.0. The van der Waals surface area contributed by atoms with Crippen molar-refractivity contribution in [2.45, 2.75) is 24.7 Å². The average Bonchev–Trinajstić information content (AvgIpc) is 2.40. The summed E-state index contributed by atoms with van der Waals surface area (Å²) >= 11 is 0. The van der Waals surface area contributed by atoms with E-state index in [1.54, 1.807) is 6.07 Å². The first-order chi connectivity index (χ1) is 8.91. The van der Waals surface area contributed by atoms with Gasteiger partial charge in [0.1, 0.15) is 10.1 Å². The summed E-state index contributed by atoms with van der Waals surface area (Å²) in [4.78, 5) is -0.185. The van der Waals surface area contributed by atoms with Crippen LogP contribution in [-0.2, 0) is 10.1 Å². The fraction of sp³-hybridized carbons (Fsp3) is 0.200. The van der Waals surface area contributed by atoms with Gasteiger partial charge < -0.3 is 4.55 Å². The third-order valence-corrected chi connectivity index (χ3v) is 3.35. The summed E-state index contributed by atoms with van der Waals surface area (Å²) in [6, 6.07) is 17.7. The van der Waals surface area contributed by atoms with Gasteiger partial charge in [0, 0.05) is 0 Å². The van der Waals surface area contributed by atoms with Crippen LogP contribution in [0.5, 0.6) is 0 Å². The van der Waals surface area contributed by atoms with Crippen molar-refractivity contribution in [1.82, 2.24) is 0 Å². The van der Waals surface area contributed by atoms with Gasteiger partial charge in [0.2, 0.25) is 0 Å². The van der Waals surface area contributed by atoms with Gasteiger partial charge >= 0.3 is 29.6 Å². The summed E-state index contributed by atoms with van der Waals surface area (Å²) in [5.74, 6) is 0.659. The van der Waals surface area contributed by atoms with Gasteiger partial charge in [0.15, 0.2) is 0 Å². The molecule has 2 aromatic rings. The molecule has 0 fully saturated rings. The average molecular weight is 300 g/mol. The third kappa shape index (κ3) is 7.22. The Balaban J connectivity index is 0.000000345. The van der Waals surface area contributed by atoms with Gasteiger partial charge in [-0.25, -0.2) is 8.42 Å². The SMILES string of the molecule is CC(C)c1ccccc1.O=S(=O)([O-])c1ccccc1.[Na+]. The van der Waals surface area contributed by atoms with Crippen LogP contribution in [0.4, 0.5) is 0 Å². The van der Waals surface area contributed by atoms with Crippen molar-refractivity contribution >= 4 is 10.1 Å². The Kier molecular flexibility index (Phi) is 9.01. The van der Waals surface area contributed by atoms with Crippen LogP contribution in [0, 0.1) is 0 Å². The molecule has 0 spiro atoms. The first-order valence-corrected chi connectivity index (χ1v) is 7.38. The topological polar surface area (TPSA) is 57.2 Å². The smallest absolute Gasteiger partial charge is 0.744 e. The van der Waals surface area contributed by atoms with E-state index in [0.717, 1.165) is 0 Å². The molecular weight excluding hydrogens is 283 g/mol. The van der Waals surface area contributed by atoms with Crippen molar-refractivity contribution in [3.63, 3.8) is 0 Å². The normalized spacial score (nSPS) is 10.2. The number of rotatable bonds is 2. The van der Waals surface area contributed by atoms with Crippen molar-refractivity contribution < 1.29 is 42.5 Å². The summed E-state index contributed by atoms with van der Waals surface area (Å²) in [6.07, 6.45) is 0. The monoisotopic (exact) mass is 300 g/mol. The van der Waals surface area contributed by atoms with Crippen molar-refractivity contribution in [1.29, 1.82) is 0 Å². The Morgan fingerprint density at radius 1 is 0.850 bits per heavy atom. The van der Waals surface area contributed by atoms with Crippen molar-refractivity contribution in [3.8, 4) is 0 Å². The van der Waals surface area contributed by atoms with E-state index in [-0.39, 0.29) is 34.5 Å². The molecule has 5 heteroatoms. The fourth-order valence-electron chi connectivity index (χ4n) is 1.43. The van der Waals surface area contributed by atoms with Crippen LogP contribution in [0.3, 0.4) is 0 Å². The largest absolute Gasteiger partial charge is 1.00 e. The Morgan fingerprint density at radius 3 is 1.50 bits per heavy atom. The fourth-order valence-corrected chi connectivity index (χ4v) is 1.92. The molecule has 0 unspecified atom stereocenters. The molecule has 0 atom stereocenters. The maximum Gasteiger partial charge on any atom is 1.00 e. The quantitative estimate of drug-likeness (QED) is 0.596. The Bertz CT molecular complexity index is 581. The molecule has 102 valence electrons. The predicted molar refractivity (Wildman–Crippen MR) is 74.9 cm³/mol. The molecule has 0 N–H and O–H groups in total. The minimum atomic E-state index is -4.25. The van der Waals surface area contributed by atoms with E-state index in [0.29, 0.717) is 5.92 Å². The molecule has 0 bridgehead atoms. The summed E-state index contributed by atoms with van der Waals surface area (Å²) in [5, 5.41) is 0. The zero-order valence-corrected chi connectivity index (χ0v) is 14.8. The summed E-state index contributed by atoms with van der Waals surface area (Å²) in [7, 11) is -4.25. The second-order valence-electron chi connectivity index (χ2n) is 4.33. The third-order valence-electron chi connectivity index (χ3n) is 2.50. The Morgan fingerprint density at radius 2 is 1.25 bits per heavy atom. The predicted octanol–water partition coefficient (Wildman–Crippen LogP) is 0.405. The van der Waals surface area contributed by atoms with Crippen LogP contribution in [0.2, 0.25) is 0 Å². The van der Waals surface area contributed by atoms with Gasteiger partial charge in [-0.05, 0) is 23.6 Å². The van der Waals surface area contributed by atoms with Gasteiger partial charge in [-0.2, -0.15) is 0 Å². The number of hydrogen-bond acceptors (Lipinski definition) is 3. The van der Waals surface area contributed by atoms with Crippen LogP contribution in [0.15, 0.2) is 65.6 Å². The van der Waals surface area contributed by atoms with Crippen LogP contribution >= 0.6 is 0 Å². The van der Waals surface area contributed by atoms with E-state index in [2.05, 4.69) is 38.1 Å². The molecule has 0 heterocycles. The minimum absolute atomic E-state index is 0. The molecule has 0 aliphatic carbocycles. The molecule has 0 aliphatic rings. The van der Waals surface area contributed by atoms with E-state index >= 15 is 0 Å². The molecule has 0 radical (unpaired) electrons. The molecule has 20 heavy (non-hydrogen) atoms. The van der Waals surface area contributed by atoms with E-state index < -0.39 is 10.1 Å². The second-order valence-corrected chi connectivity index (χ2v) is 5.71. The minimum Gasteiger partial charge on any atom is -0.744 e. The number of hydrogen-bond donors (Lipinski definition) is 0. The maximum atomic E-state index is 10.3. The van der Waals surface area contributed by atoms with E-state index in [1.807, 2.05) is 6.07 Å². The second kappa shape index (κ2) is 9.32. The molecule has 2 rings (SSSR count). The summed E-state index contributed by atoms with van der Waals surface area (Å²) < 4.78 is 30.8. The first-order valence-electron chi connectivity index (χ1n) is 5.97. The van der Waals surface area contributed by atoms with Crippen LogP contribution in [-0.4, -0.2) is 13.0 Å². The van der Waals surface area contributed by atoms with Crippen molar-refractivity contribution in [2.24, 2.45) is 0 Å². The van der Waals surface area contributed by atoms with Crippen LogP contribution in [0.25, 0.3) is 0 Å². The van der Waals surface area contributed by atoms with Gasteiger partial charge in [0.25, 0.3) is 0 Å². The van der Waals surface area contributed by atoms with Crippen LogP contribution < -0.4 is 29.6 Å². The molecule has 0 aromatic heterocycles. The summed E-state index contributed by atoms with van der Waals surface area (Å²) in [6.45, 7) is 4.41. The molecule has 0 amide bonds. The van der Waals surface area contributed by atoms with E-state index in [1.165, 1.54) is 29.8 Å². The zero-order chi connectivity index (χ0) is 14.3. The van der Waals surface area contributed by atoms with Crippen molar-refractivity contribution in [2.75, 3.05) is 0 Å². The molecular formula is C15H17NaO3S. The number of benzene rings is 2. The molecule has 0 aliphatic heterocycles. The van der Waals surface area contributed by atoms with Crippen LogP contribution in [0.1, 0.15) is 25.3 Å². The van der Waals surface area contributed by atoms with Gasteiger partial charge in [0.05, 0.1) is 4.90 Å². The van der Waals surface area contributed by atoms with Gasteiger partial charge in [-0.1, -0.05) is 62.4 Å². The molecule has 3 nitrogen and oxygen atoms in total.